The van der Waals surface area contributed by atoms with E-state index in [0.29, 0.717) is 17.2 Å². The summed E-state index contributed by atoms with van der Waals surface area (Å²) in [6.07, 6.45) is 1.55. The molecule has 1 aromatic heterocycles. The molecule has 2 heterocycles. The van der Waals surface area contributed by atoms with Crippen molar-refractivity contribution in [1.82, 2.24) is 4.90 Å². The Kier molecular flexibility index (Phi) is 5.46. The Hall–Kier alpha value is -2.54. The van der Waals surface area contributed by atoms with E-state index in [1.165, 1.54) is 6.07 Å². The Morgan fingerprint density at radius 2 is 1.88 bits per heavy atom. The Labute approximate surface area is 155 Å². The van der Waals surface area contributed by atoms with E-state index in [4.69, 9.17) is 4.42 Å². The molecule has 0 atom stereocenters. The molecule has 0 radical (unpaired) electrons. The number of benzene rings is 1. The van der Waals surface area contributed by atoms with Gasteiger partial charge in [0, 0.05) is 30.8 Å². The minimum Gasteiger partial charge on any atom is -0.441 e. The van der Waals surface area contributed by atoms with Crippen LogP contribution >= 0.6 is 11.8 Å². The van der Waals surface area contributed by atoms with Gasteiger partial charge in [-0.2, -0.15) is 0 Å². The van der Waals surface area contributed by atoms with Gasteiger partial charge in [0.05, 0.1) is 11.4 Å². The molecule has 1 fully saturated rings. The van der Waals surface area contributed by atoms with Crippen LogP contribution in [0.15, 0.2) is 45.7 Å². The SMILES string of the molecule is CCN(CC)c1ccc(/C=C2\SC(=O)N(Cc3ccccc3F)C2=O)o1. The molecule has 0 unspecified atom stereocenters. The van der Waals surface area contributed by atoms with E-state index < -0.39 is 17.0 Å². The van der Waals surface area contributed by atoms with Crippen molar-refractivity contribution in [1.29, 1.82) is 0 Å². The lowest BCUT2D eigenvalue weighted by Gasteiger charge is -2.16. The van der Waals surface area contributed by atoms with Crippen LogP contribution in [0.1, 0.15) is 25.2 Å². The fourth-order valence-electron chi connectivity index (χ4n) is 2.69. The third-order valence-corrected chi connectivity index (χ3v) is 5.03. The smallest absolute Gasteiger partial charge is 0.293 e. The molecule has 0 saturated carbocycles. The maximum atomic E-state index is 13.8. The lowest BCUT2D eigenvalue weighted by Crippen LogP contribution is -2.27. The molecular formula is C19H19FN2O3S. The molecular weight excluding hydrogens is 355 g/mol. The molecule has 1 saturated heterocycles. The summed E-state index contributed by atoms with van der Waals surface area (Å²) in [6, 6.07) is 9.70. The second-order valence-electron chi connectivity index (χ2n) is 5.71. The number of amides is 2. The summed E-state index contributed by atoms with van der Waals surface area (Å²) < 4.78 is 19.5. The van der Waals surface area contributed by atoms with Crippen LogP contribution in [-0.4, -0.2) is 29.1 Å². The van der Waals surface area contributed by atoms with Gasteiger partial charge in [0.15, 0.2) is 5.88 Å². The Balaban J connectivity index is 1.78. The van der Waals surface area contributed by atoms with Gasteiger partial charge in [0.25, 0.3) is 11.1 Å². The number of hydrogen-bond acceptors (Lipinski definition) is 5. The van der Waals surface area contributed by atoms with Gasteiger partial charge < -0.3 is 9.32 Å². The highest BCUT2D eigenvalue weighted by Crippen LogP contribution is 2.34. The first-order valence-electron chi connectivity index (χ1n) is 8.37. The second-order valence-corrected chi connectivity index (χ2v) is 6.70. The van der Waals surface area contributed by atoms with Crippen molar-refractivity contribution < 1.29 is 18.4 Å². The number of anilines is 1. The van der Waals surface area contributed by atoms with Gasteiger partial charge in [-0.25, -0.2) is 4.39 Å². The minimum atomic E-state index is -0.441. The number of hydrogen-bond donors (Lipinski definition) is 0. The average Bonchev–Trinajstić information content (AvgIpc) is 3.18. The summed E-state index contributed by atoms with van der Waals surface area (Å²) in [6.45, 7) is 5.59. The Morgan fingerprint density at radius 1 is 1.15 bits per heavy atom. The van der Waals surface area contributed by atoms with Crippen LogP contribution in [-0.2, 0) is 11.3 Å². The van der Waals surface area contributed by atoms with Crippen molar-refractivity contribution in [3.63, 3.8) is 0 Å². The van der Waals surface area contributed by atoms with Crippen LogP contribution in [0.4, 0.5) is 15.1 Å². The molecule has 0 aliphatic carbocycles. The molecule has 0 bridgehead atoms. The van der Waals surface area contributed by atoms with Gasteiger partial charge >= 0.3 is 0 Å². The lowest BCUT2D eigenvalue weighted by molar-refractivity contribution is -0.123. The van der Waals surface area contributed by atoms with Crippen molar-refractivity contribution >= 4 is 34.9 Å². The zero-order chi connectivity index (χ0) is 18.7. The number of nitrogens with zero attached hydrogens (tertiary/aromatic N) is 2. The van der Waals surface area contributed by atoms with Crippen molar-refractivity contribution in [3.05, 3.63) is 58.4 Å². The van der Waals surface area contributed by atoms with Crippen molar-refractivity contribution in [3.8, 4) is 0 Å². The number of furan rings is 1. The van der Waals surface area contributed by atoms with Gasteiger partial charge in [-0.1, -0.05) is 18.2 Å². The zero-order valence-electron chi connectivity index (χ0n) is 14.6. The molecule has 26 heavy (non-hydrogen) atoms. The highest BCUT2D eigenvalue weighted by Gasteiger charge is 2.35. The van der Waals surface area contributed by atoms with Crippen LogP contribution in [0.25, 0.3) is 6.08 Å². The van der Waals surface area contributed by atoms with Crippen LogP contribution in [0, 0.1) is 5.82 Å². The van der Waals surface area contributed by atoms with Gasteiger partial charge in [-0.15, -0.1) is 0 Å². The maximum Gasteiger partial charge on any atom is 0.293 e. The topological polar surface area (TPSA) is 53.8 Å². The van der Waals surface area contributed by atoms with E-state index in [-0.39, 0.29) is 11.4 Å². The fraction of sp³-hybridized carbons (Fsp3) is 0.263. The summed E-state index contributed by atoms with van der Waals surface area (Å²) >= 11 is 0.833. The lowest BCUT2D eigenvalue weighted by atomic mass is 10.2. The van der Waals surface area contributed by atoms with Gasteiger partial charge in [-0.3, -0.25) is 14.5 Å². The summed E-state index contributed by atoms with van der Waals surface area (Å²) in [5, 5.41) is -0.417. The quantitative estimate of drug-likeness (QED) is 0.697. The number of carbonyl (C=O) groups excluding carboxylic acids is 2. The predicted molar refractivity (Wildman–Crippen MR) is 100 cm³/mol. The van der Waals surface area contributed by atoms with E-state index in [9.17, 15) is 14.0 Å². The first kappa shape index (κ1) is 18.3. The number of thioether (sulfide) groups is 1. The molecule has 2 amide bonds. The normalized spacial score (nSPS) is 16.0. The van der Waals surface area contributed by atoms with Crippen molar-refractivity contribution in [2.75, 3.05) is 18.0 Å². The van der Waals surface area contributed by atoms with Crippen LogP contribution in [0.3, 0.4) is 0 Å². The third kappa shape index (κ3) is 3.67. The van der Waals surface area contributed by atoms with E-state index in [0.717, 1.165) is 29.8 Å². The van der Waals surface area contributed by atoms with Gasteiger partial charge in [-0.05, 0) is 37.7 Å². The van der Waals surface area contributed by atoms with Crippen LogP contribution in [0.5, 0.6) is 0 Å². The zero-order valence-corrected chi connectivity index (χ0v) is 15.4. The number of carbonyl (C=O) groups is 2. The van der Waals surface area contributed by atoms with Crippen LogP contribution in [0.2, 0.25) is 0 Å². The van der Waals surface area contributed by atoms with E-state index >= 15 is 0 Å². The number of imide groups is 1. The van der Waals surface area contributed by atoms with E-state index in [1.54, 1.807) is 30.3 Å². The highest BCUT2D eigenvalue weighted by atomic mass is 32.2. The van der Waals surface area contributed by atoms with E-state index in [2.05, 4.69) is 0 Å². The molecule has 1 aliphatic rings. The van der Waals surface area contributed by atoms with Crippen LogP contribution < -0.4 is 4.90 Å². The standard InChI is InChI=1S/C19H19FN2O3S/c1-3-21(4-2)17-10-9-14(25-17)11-16-18(23)22(19(24)26-16)12-13-7-5-6-8-15(13)20/h5-11H,3-4,12H2,1-2H3/b16-11-. The first-order valence-corrected chi connectivity index (χ1v) is 9.18. The molecule has 0 spiro atoms. The Morgan fingerprint density at radius 3 is 2.58 bits per heavy atom. The maximum absolute atomic E-state index is 13.8. The van der Waals surface area contributed by atoms with Crippen molar-refractivity contribution in [2.24, 2.45) is 0 Å². The molecule has 7 heteroatoms. The minimum absolute atomic E-state index is 0.0858. The molecule has 2 aromatic rings. The van der Waals surface area contributed by atoms with Gasteiger partial charge in [0.2, 0.25) is 0 Å². The molecule has 5 nitrogen and oxygen atoms in total. The highest BCUT2D eigenvalue weighted by molar-refractivity contribution is 8.18. The molecule has 0 N–H and O–H groups in total. The molecule has 136 valence electrons. The predicted octanol–water partition coefficient (Wildman–Crippen LogP) is 4.50. The fourth-order valence-corrected chi connectivity index (χ4v) is 3.51. The molecule has 3 rings (SSSR count). The summed E-state index contributed by atoms with van der Waals surface area (Å²) in [7, 11) is 0. The average molecular weight is 374 g/mol. The van der Waals surface area contributed by atoms with Gasteiger partial charge in [0.1, 0.15) is 11.6 Å². The summed E-state index contributed by atoms with van der Waals surface area (Å²) in [4.78, 5) is 28.1. The summed E-state index contributed by atoms with van der Waals surface area (Å²) in [5.41, 5.74) is 0.304. The van der Waals surface area contributed by atoms with Crippen molar-refractivity contribution in [2.45, 2.75) is 20.4 Å². The second kappa shape index (κ2) is 7.78. The molecule has 1 aromatic carbocycles. The monoisotopic (exact) mass is 374 g/mol. The van der Waals surface area contributed by atoms with E-state index in [1.807, 2.05) is 24.8 Å². The third-order valence-electron chi connectivity index (χ3n) is 4.12. The first-order chi connectivity index (χ1) is 12.5. The number of rotatable bonds is 6. The Bertz CT molecular complexity index is 858. The number of halogens is 1. The molecule has 1 aliphatic heterocycles. The largest absolute Gasteiger partial charge is 0.441 e. The summed E-state index contributed by atoms with van der Waals surface area (Å²) in [5.74, 6) is 0.338.